The van der Waals surface area contributed by atoms with Gasteiger partial charge in [-0.15, -0.1) is 0 Å². The number of aliphatic hydroxyl groups is 1. The predicted octanol–water partition coefficient (Wildman–Crippen LogP) is 2.02. The van der Waals surface area contributed by atoms with Crippen LogP contribution >= 0.6 is 0 Å². The molecule has 0 aromatic carbocycles. The summed E-state index contributed by atoms with van der Waals surface area (Å²) in [6.45, 7) is 8.19. The van der Waals surface area contributed by atoms with Crippen molar-refractivity contribution in [2.24, 2.45) is 11.8 Å². The van der Waals surface area contributed by atoms with E-state index in [1.54, 1.807) is 46.0 Å². The van der Waals surface area contributed by atoms with Crippen LogP contribution in [0.4, 0.5) is 0 Å². The van der Waals surface area contributed by atoms with E-state index in [4.69, 9.17) is 9.47 Å². The minimum Gasteiger partial charge on any atom is -0.463 e. The van der Waals surface area contributed by atoms with E-state index in [1.165, 1.54) is 13.1 Å². The Balaban J connectivity index is 2.57. The van der Waals surface area contributed by atoms with E-state index in [9.17, 15) is 19.5 Å². The van der Waals surface area contributed by atoms with Crippen molar-refractivity contribution in [1.82, 2.24) is 4.98 Å². The Morgan fingerprint density at radius 1 is 1.19 bits per heavy atom. The van der Waals surface area contributed by atoms with Crippen LogP contribution in [0.5, 0.6) is 0 Å². The van der Waals surface area contributed by atoms with E-state index in [2.05, 4.69) is 4.98 Å². The van der Waals surface area contributed by atoms with E-state index in [-0.39, 0.29) is 6.42 Å². The number of rotatable bonds is 5. The fourth-order valence-corrected chi connectivity index (χ4v) is 3.60. The molecule has 0 radical (unpaired) electrons. The van der Waals surface area contributed by atoms with Gasteiger partial charge in [-0.25, -0.2) is 0 Å². The highest BCUT2D eigenvalue weighted by atomic mass is 16.5. The van der Waals surface area contributed by atoms with Crippen molar-refractivity contribution in [2.75, 3.05) is 0 Å². The highest BCUT2D eigenvalue weighted by Gasteiger charge is 2.57. The van der Waals surface area contributed by atoms with Crippen LogP contribution in [0.25, 0.3) is 0 Å². The Hall–Kier alpha value is -2.28. The summed E-state index contributed by atoms with van der Waals surface area (Å²) in [6.07, 6.45) is 1.89. The molecule has 1 aromatic heterocycles. The number of aromatic nitrogens is 1. The number of hydrogen-bond acceptors (Lipinski definition) is 7. The van der Waals surface area contributed by atoms with Crippen LogP contribution in [-0.2, 0) is 23.9 Å². The second-order valence-corrected chi connectivity index (χ2v) is 7.74. The molecule has 7 nitrogen and oxygen atoms in total. The number of esters is 2. The summed E-state index contributed by atoms with van der Waals surface area (Å²) >= 11 is 0. The number of Topliss-reactive ketones (excluding diaryl/α,β-unsaturated/α-hetero) is 1. The van der Waals surface area contributed by atoms with Crippen LogP contribution in [0.15, 0.2) is 24.5 Å². The summed E-state index contributed by atoms with van der Waals surface area (Å²) in [5.41, 5.74) is -1.15. The minimum absolute atomic E-state index is 0.334. The van der Waals surface area contributed by atoms with Gasteiger partial charge in [-0.05, 0) is 46.2 Å². The van der Waals surface area contributed by atoms with Crippen molar-refractivity contribution in [3.8, 4) is 0 Å². The minimum atomic E-state index is -1.65. The largest absolute Gasteiger partial charge is 0.463 e. The SMILES string of the molecule is CC(C)OC(=O)[C@H]1C(=O)C[C@](C)(O)[C@@H](C(=O)OC(C)C)[C@H]1c1cccnc1. The third-order valence-corrected chi connectivity index (χ3v) is 4.55. The summed E-state index contributed by atoms with van der Waals surface area (Å²) in [6, 6.07) is 3.33. The first-order chi connectivity index (χ1) is 12.5. The number of carbonyl (C=O) groups is 3. The summed E-state index contributed by atoms with van der Waals surface area (Å²) < 4.78 is 10.6. The van der Waals surface area contributed by atoms with Gasteiger partial charge in [-0.3, -0.25) is 19.4 Å². The van der Waals surface area contributed by atoms with Gasteiger partial charge >= 0.3 is 11.9 Å². The molecule has 1 heterocycles. The first-order valence-corrected chi connectivity index (χ1v) is 9.10. The Morgan fingerprint density at radius 3 is 2.30 bits per heavy atom. The van der Waals surface area contributed by atoms with Crippen molar-refractivity contribution < 1.29 is 29.0 Å². The summed E-state index contributed by atoms with van der Waals surface area (Å²) in [4.78, 5) is 42.4. The Kier molecular flexibility index (Phi) is 6.36. The van der Waals surface area contributed by atoms with Gasteiger partial charge in [0.2, 0.25) is 0 Å². The summed E-state index contributed by atoms with van der Waals surface area (Å²) in [7, 11) is 0. The van der Waals surface area contributed by atoms with E-state index < -0.39 is 53.3 Å². The third-order valence-electron chi connectivity index (χ3n) is 4.55. The second kappa shape index (κ2) is 8.17. The summed E-state index contributed by atoms with van der Waals surface area (Å²) in [5.74, 6) is -5.06. The maximum Gasteiger partial charge on any atom is 0.317 e. The van der Waals surface area contributed by atoms with Gasteiger partial charge in [0.15, 0.2) is 5.78 Å². The van der Waals surface area contributed by atoms with E-state index in [1.807, 2.05) is 0 Å². The first-order valence-electron chi connectivity index (χ1n) is 9.10. The maximum atomic E-state index is 12.8. The van der Waals surface area contributed by atoms with Gasteiger partial charge < -0.3 is 14.6 Å². The highest BCUT2D eigenvalue weighted by Crippen LogP contribution is 2.46. The van der Waals surface area contributed by atoms with Gasteiger partial charge in [-0.1, -0.05) is 6.07 Å². The van der Waals surface area contributed by atoms with Crippen molar-refractivity contribution >= 4 is 17.7 Å². The molecule has 1 aliphatic rings. The zero-order valence-electron chi connectivity index (χ0n) is 16.3. The fourth-order valence-electron chi connectivity index (χ4n) is 3.60. The normalized spacial score (nSPS) is 28.3. The van der Waals surface area contributed by atoms with E-state index in [0.717, 1.165) is 0 Å². The molecule has 0 spiro atoms. The van der Waals surface area contributed by atoms with Crippen LogP contribution in [0.3, 0.4) is 0 Å². The number of nitrogens with zero attached hydrogens (tertiary/aromatic N) is 1. The molecule has 1 aromatic rings. The highest BCUT2D eigenvalue weighted by molar-refractivity contribution is 6.02. The average Bonchev–Trinajstić information content (AvgIpc) is 2.52. The van der Waals surface area contributed by atoms with Crippen molar-refractivity contribution in [1.29, 1.82) is 0 Å². The van der Waals surface area contributed by atoms with Crippen LogP contribution in [0.1, 0.15) is 52.5 Å². The topological polar surface area (TPSA) is 103 Å². The average molecular weight is 377 g/mol. The predicted molar refractivity (Wildman–Crippen MR) is 96.7 cm³/mol. The Morgan fingerprint density at radius 2 is 1.78 bits per heavy atom. The number of carbonyl (C=O) groups excluding carboxylic acids is 3. The Labute approximate surface area is 159 Å². The number of hydrogen-bond donors (Lipinski definition) is 1. The lowest BCUT2D eigenvalue weighted by Crippen LogP contribution is -2.55. The summed E-state index contributed by atoms with van der Waals surface area (Å²) in [5, 5.41) is 10.9. The first kappa shape index (κ1) is 21.0. The lowest BCUT2D eigenvalue weighted by Gasteiger charge is -2.43. The second-order valence-electron chi connectivity index (χ2n) is 7.74. The van der Waals surface area contributed by atoms with Gasteiger partial charge in [0.1, 0.15) is 5.92 Å². The molecule has 1 fully saturated rings. The molecule has 2 rings (SSSR count). The quantitative estimate of drug-likeness (QED) is 0.618. The van der Waals surface area contributed by atoms with Crippen molar-refractivity contribution in [3.05, 3.63) is 30.1 Å². The molecule has 7 heteroatoms. The molecule has 0 bridgehead atoms. The van der Waals surface area contributed by atoms with Crippen molar-refractivity contribution in [2.45, 2.75) is 64.8 Å². The zero-order valence-corrected chi connectivity index (χ0v) is 16.3. The monoisotopic (exact) mass is 377 g/mol. The number of ketones is 1. The van der Waals surface area contributed by atoms with Crippen LogP contribution in [0.2, 0.25) is 0 Å². The molecule has 1 saturated carbocycles. The molecule has 27 heavy (non-hydrogen) atoms. The van der Waals surface area contributed by atoms with Gasteiger partial charge in [-0.2, -0.15) is 0 Å². The fraction of sp³-hybridized carbons (Fsp3) is 0.600. The smallest absolute Gasteiger partial charge is 0.317 e. The maximum absolute atomic E-state index is 12.8. The molecule has 4 atom stereocenters. The molecule has 1 aliphatic carbocycles. The van der Waals surface area contributed by atoms with Gasteiger partial charge in [0, 0.05) is 24.7 Å². The molecule has 148 valence electrons. The lowest BCUT2D eigenvalue weighted by atomic mass is 9.62. The van der Waals surface area contributed by atoms with Gasteiger partial charge in [0.25, 0.3) is 0 Å². The Bertz CT molecular complexity index is 690. The standard InChI is InChI=1S/C20H27NO6/c1-11(2)26-18(23)16-14(22)9-20(5,25)17(19(24)27-12(3)4)15(16)13-7-6-8-21-10-13/h6-8,10-12,15-17,25H,9H2,1-5H3/t15-,16-,17+,20-/m0/s1. The van der Waals surface area contributed by atoms with E-state index in [0.29, 0.717) is 5.56 Å². The van der Waals surface area contributed by atoms with Crippen LogP contribution in [-0.4, -0.2) is 45.6 Å². The van der Waals surface area contributed by atoms with Crippen LogP contribution in [0, 0.1) is 11.8 Å². The zero-order chi connectivity index (χ0) is 20.4. The van der Waals surface area contributed by atoms with Gasteiger partial charge in [0.05, 0.1) is 23.7 Å². The molecule has 1 N–H and O–H groups in total. The molecule has 0 unspecified atom stereocenters. The number of ether oxygens (including phenoxy) is 2. The molecular formula is C20H27NO6. The molecule has 0 aliphatic heterocycles. The van der Waals surface area contributed by atoms with Crippen molar-refractivity contribution in [3.63, 3.8) is 0 Å². The lowest BCUT2D eigenvalue weighted by molar-refractivity contribution is -0.176. The third kappa shape index (κ3) is 4.71. The number of pyridine rings is 1. The molecular weight excluding hydrogens is 350 g/mol. The molecule has 0 saturated heterocycles. The molecule has 0 amide bonds. The van der Waals surface area contributed by atoms with Crippen LogP contribution < -0.4 is 0 Å². The van der Waals surface area contributed by atoms with E-state index >= 15 is 0 Å².